The van der Waals surface area contributed by atoms with E-state index in [1.165, 1.54) is 36.9 Å². The second-order valence-corrected chi connectivity index (χ2v) is 6.37. The second-order valence-electron chi connectivity index (χ2n) is 6.37. The number of hydrogen-bond donors (Lipinski definition) is 2. The average Bonchev–Trinajstić information content (AvgIpc) is 3.27. The van der Waals surface area contributed by atoms with E-state index in [0.29, 0.717) is 6.04 Å². The lowest BCUT2D eigenvalue weighted by molar-refractivity contribution is 0.614. The topological polar surface area (TPSA) is 39.7 Å². The Balaban J connectivity index is 1.62. The summed E-state index contributed by atoms with van der Waals surface area (Å²) in [5.41, 5.74) is 2.55. The maximum absolute atomic E-state index is 4.78. The minimum Gasteiger partial charge on any atom is -0.364 e. The van der Waals surface area contributed by atoms with E-state index in [4.69, 9.17) is 4.99 Å². The normalized spacial score (nSPS) is 18.7. The number of benzene rings is 1. The quantitative estimate of drug-likeness (QED) is 0.499. The third kappa shape index (κ3) is 4.50. The number of aliphatic imine (C=N–C) groups is 1. The van der Waals surface area contributed by atoms with Crippen LogP contribution in [0.1, 0.15) is 38.2 Å². The van der Waals surface area contributed by atoms with Crippen molar-refractivity contribution in [1.82, 2.24) is 10.6 Å². The smallest absolute Gasteiger partial charge is 0.191 e. The van der Waals surface area contributed by atoms with Gasteiger partial charge in [0.1, 0.15) is 0 Å². The van der Waals surface area contributed by atoms with Gasteiger partial charge in [-0.05, 0) is 37.5 Å². The summed E-state index contributed by atoms with van der Waals surface area (Å²) in [6, 6.07) is 9.33. The average molecular weight is 312 g/mol. The highest BCUT2D eigenvalue weighted by molar-refractivity contribution is 5.80. The minimum absolute atomic E-state index is 0.592. The molecule has 4 nitrogen and oxygen atoms in total. The molecule has 1 aromatic rings. The predicted molar refractivity (Wildman–Crippen MR) is 98.0 cm³/mol. The first-order valence-electron chi connectivity index (χ1n) is 8.89. The SMILES string of the molecule is CCNC(=NCc1cccc(N2CC=CC2)c1)NC1CCCC1. The molecule has 2 aliphatic rings. The molecule has 0 spiro atoms. The van der Waals surface area contributed by atoms with Crippen LogP contribution in [-0.2, 0) is 6.54 Å². The van der Waals surface area contributed by atoms with Crippen LogP contribution in [0.15, 0.2) is 41.4 Å². The Morgan fingerprint density at radius 1 is 1.22 bits per heavy atom. The summed E-state index contributed by atoms with van der Waals surface area (Å²) in [6.07, 6.45) is 9.65. The molecule has 1 heterocycles. The number of nitrogens with zero attached hydrogens (tertiary/aromatic N) is 2. The highest BCUT2D eigenvalue weighted by Gasteiger charge is 2.15. The Kier molecular flexibility index (Phi) is 5.56. The van der Waals surface area contributed by atoms with E-state index in [1.807, 2.05) is 0 Å². The first-order chi connectivity index (χ1) is 11.3. The van der Waals surface area contributed by atoms with Gasteiger partial charge < -0.3 is 15.5 Å². The van der Waals surface area contributed by atoms with Gasteiger partial charge in [-0.3, -0.25) is 0 Å². The molecule has 0 unspecified atom stereocenters. The highest BCUT2D eigenvalue weighted by atomic mass is 15.2. The molecule has 0 radical (unpaired) electrons. The van der Waals surface area contributed by atoms with Crippen LogP contribution in [0.3, 0.4) is 0 Å². The fourth-order valence-electron chi connectivity index (χ4n) is 3.29. The minimum atomic E-state index is 0.592. The van der Waals surface area contributed by atoms with Crippen molar-refractivity contribution < 1.29 is 0 Å². The summed E-state index contributed by atoms with van der Waals surface area (Å²) >= 11 is 0. The van der Waals surface area contributed by atoms with Gasteiger partial charge in [-0.25, -0.2) is 4.99 Å². The zero-order chi connectivity index (χ0) is 15.9. The lowest BCUT2D eigenvalue weighted by Gasteiger charge is -2.19. The van der Waals surface area contributed by atoms with Gasteiger partial charge in [0, 0.05) is 31.4 Å². The molecule has 0 saturated heterocycles. The van der Waals surface area contributed by atoms with Crippen molar-refractivity contribution in [2.24, 2.45) is 4.99 Å². The molecule has 1 aromatic carbocycles. The Bertz CT molecular complexity index is 550. The number of guanidine groups is 1. The van der Waals surface area contributed by atoms with E-state index in [9.17, 15) is 0 Å². The van der Waals surface area contributed by atoms with Gasteiger partial charge in [0.25, 0.3) is 0 Å². The zero-order valence-electron chi connectivity index (χ0n) is 14.1. The van der Waals surface area contributed by atoms with Gasteiger partial charge in [-0.1, -0.05) is 37.1 Å². The lowest BCUT2D eigenvalue weighted by Crippen LogP contribution is -2.42. The first-order valence-corrected chi connectivity index (χ1v) is 8.89. The molecular weight excluding hydrogens is 284 g/mol. The van der Waals surface area contributed by atoms with Gasteiger partial charge in [0.2, 0.25) is 0 Å². The summed E-state index contributed by atoms with van der Waals surface area (Å²) in [7, 11) is 0. The van der Waals surface area contributed by atoms with Crippen molar-refractivity contribution in [3.63, 3.8) is 0 Å². The van der Waals surface area contributed by atoms with E-state index in [2.05, 4.69) is 58.9 Å². The monoisotopic (exact) mass is 312 g/mol. The first kappa shape index (κ1) is 15.9. The number of nitrogens with one attached hydrogen (secondary N) is 2. The van der Waals surface area contributed by atoms with Crippen LogP contribution in [0.2, 0.25) is 0 Å². The zero-order valence-corrected chi connectivity index (χ0v) is 14.1. The maximum Gasteiger partial charge on any atom is 0.191 e. The van der Waals surface area contributed by atoms with Crippen LogP contribution in [-0.4, -0.2) is 31.6 Å². The molecule has 3 rings (SSSR count). The molecule has 23 heavy (non-hydrogen) atoms. The molecule has 1 aliphatic heterocycles. The van der Waals surface area contributed by atoms with Crippen LogP contribution in [0, 0.1) is 0 Å². The molecule has 2 N–H and O–H groups in total. The van der Waals surface area contributed by atoms with Crippen molar-refractivity contribution in [3.8, 4) is 0 Å². The van der Waals surface area contributed by atoms with Crippen LogP contribution >= 0.6 is 0 Å². The van der Waals surface area contributed by atoms with Gasteiger partial charge in [0.05, 0.1) is 6.54 Å². The van der Waals surface area contributed by atoms with Gasteiger partial charge in [0.15, 0.2) is 5.96 Å². The molecule has 0 aromatic heterocycles. The summed E-state index contributed by atoms with van der Waals surface area (Å²) in [5, 5.41) is 6.94. The van der Waals surface area contributed by atoms with Crippen LogP contribution in [0.5, 0.6) is 0 Å². The van der Waals surface area contributed by atoms with Crippen LogP contribution < -0.4 is 15.5 Å². The standard InChI is InChI=1S/C19H28N4/c1-2-20-19(22-17-9-3-4-10-17)21-15-16-8-7-11-18(14-16)23-12-5-6-13-23/h5-8,11,14,17H,2-4,9-10,12-13,15H2,1H3,(H2,20,21,22). The summed E-state index contributed by atoms with van der Waals surface area (Å²) < 4.78 is 0. The maximum atomic E-state index is 4.78. The van der Waals surface area contributed by atoms with Crippen molar-refractivity contribution in [1.29, 1.82) is 0 Å². The molecule has 1 fully saturated rings. The second kappa shape index (κ2) is 8.04. The van der Waals surface area contributed by atoms with E-state index in [0.717, 1.165) is 32.1 Å². The highest BCUT2D eigenvalue weighted by Crippen LogP contribution is 2.19. The van der Waals surface area contributed by atoms with Crippen molar-refractivity contribution >= 4 is 11.6 Å². The number of rotatable bonds is 5. The number of hydrogen-bond acceptors (Lipinski definition) is 2. The molecule has 124 valence electrons. The van der Waals surface area contributed by atoms with E-state index >= 15 is 0 Å². The molecule has 1 saturated carbocycles. The van der Waals surface area contributed by atoms with E-state index in [-0.39, 0.29) is 0 Å². The van der Waals surface area contributed by atoms with Crippen molar-refractivity contribution in [2.75, 3.05) is 24.5 Å². The van der Waals surface area contributed by atoms with Gasteiger partial charge >= 0.3 is 0 Å². The molecule has 1 aliphatic carbocycles. The Labute approximate surface area is 139 Å². The van der Waals surface area contributed by atoms with Gasteiger partial charge in [-0.15, -0.1) is 0 Å². The van der Waals surface area contributed by atoms with Crippen LogP contribution in [0.25, 0.3) is 0 Å². The van der Waals surface area contributed by atoms with E-state index < -0.39 is 0 Å². The molecule has 0 bridgehead atoms. The lowest BCUT2D eigenvalue weighted by atomic mass is 10.2. The summed E-state index contributed by atoms with van der Waals surface area (Å²) in [5.74, 6) is 0.952. The fourth-order valence-corrected chi connectivity index (χ4v) is 3.29. The predicted octanol–water partition coefficient (Wildman–Crippen LogP) is 3.06. The van der Waals surface area contributed by atoms with Gasteiger partial charge in [-0.2, -0.15) is 0 Å². The third-order valence-corrected chi connectivity index (χ3v) is 4.55. The Morgan fingerprint density at radius 3 is 2.74 bits per heavy atom. The van der Waals surface area contributed by atoms with Crippen molar-refractivity contribution in [2.45, 2.75) is 45.2 Å². The molecule has 4 heteroatoms. The van der Waals surface area contributed by atoms with Crippen molar-refractivity contribution in [3.05, 3.63) is 42.0 Å². The number of anilines is 1. The van der Waals surface area contributed by atoms with Crippen LogP contribution in [0.4, 0.5) is 5.69 Å². The Morgan fingerprint density at radius 2 is 2.00 bits per heavy atom. The summed E-state index contributed by atoms with van der Waals surface area (Å²) in [6.45, 7) is 5.76. The summed E-state index contributed by atoms with van der Waals surface area (Å²) in [4.78, 5) is 7.15. The molecule has 0 atom stereocenters. The fraction of sp³-hybridized carbons (Fsp3) is 0.526. The molecule has 0 amide bonds. The van der Waals surface area contributed by atoms with E-state index in [1.54, 1.807) is 0 Å². The Hall–Kier alpha value is -1.97. The third-order valence-electron chi connectivity index (χ3n) is 4.55. The largest absolute Gasteiger partial charge is 0.364 e. The molecular formula is C19H28N4.